The fraction of sp³-hybridized carbons (Fsp3) is 0.600. The summed E-state index contributed by atoms with van der Waals surface area (Å²) in [5.74, 6) is 0. The van der Waals surface area contributed by atoms with E-state index < -0.39 is 0 Å². The molecule has 0 saturated heterocycles. The summed E-state index contributed by atoms with van der Waals surface area (Å²) >= 11 is 0. The molecule has 0 radical (unpaired) electrons. The van der Waals surface area contributed by atoms with Crippen LogP contribution < -0.4 is 5.32 Å². The number of ether oxygens (including phenoxy) is 3. The van der Waals surface area contributed by atoms with Gasteiger partial charge in [-0.15, -0.1) is 0 Å². The third kappa shape index (κ3) is 7.95. The first-order valence-corrected chi connectivity index (χ1v) is 6.73. The van der Waals surface area contributed by atoms with Crippen LogP contribution in [-0.2, 0) is 27.4 Å². The van der Waals surface area contributed by atoms with Gasteiger partial charge in [0.2, 0.25) is 0 Å². The third-order valence-electron chi connectivity index (χ3n) is 2.68. The van der Waals surface area contributed by atoms with Gasteiger partial charge >= 0.3 is 0 Å². The first kappa shape index (κ1) is 16.1. The predicted octanol–water partition coefficient (Wildman–Crippen LogP) is 1.98. The van der Waals surface area contributed by atoms with Crippen LogP contribution in [0.1, 0.15) is 17.5 Å². The van der Waals surface area contributed by atoms with Gasteiger partial charge in [0, 0.05) is 26.9 Å². The van der Waals surface area contributed by atoms with Gasteiger partial charge in [0.1, 0.15) is 0 Å². The summed E-state index contributed by atoms with van der Waals surface area (Å²) in [6, 6.07) is 8.45. The Morgan fingerprint density at radius 2 is 1.58 bits per heavy atom. The van der Waals surface area contributed by atoms with Crippen molar-refractivity contribution in [2.45, 2.75) is 19.6 Å². The first-order valence-electron chi connectivity index (χ1n) is 6.73. The zero-order chi connectivity index (χ0) is 13.8. The van der Waals surface area contributed by atoms with Crippen LogP contribution in [0.5, 0.6) is 0 Å². The average Bonchev–Trinajstić information content (AvgIpc) is 2.44. The van der Waals surface area contributed by atoms with Gasteiger partial charge < -0.3 is 19.5 Å². The maximum Gasteiger partial charge on any atom is 0.0718 e. The van der Waals surface area contributed by atoms with Crippen LogP contribution in [0.15, 0.2) is 24.3 Å². The molecule has 0 aliphatic heterocycles. The molecule has 0 fully saturated rings. The molecule has 0 aliphatic rings. The number of methoxy groups -OCH3 is 1. The van der Waals surface area contributed by atoms with E-state index >= 15 is 0 Å². The van der Waals surface area contributed by atoms with Crippen molar-refractivity contribution in [2.75, 3.05) is 40.6 Å². The van der Waals surface area contributed by atoms with Gasteiger partial charge in [-0.05, 0) is 24.6 Å². The van der Waals surface area contributed by atoms with Crippen molar-refractivity contribution in [1.29, 1.82) is 0 Å². The lowest BCUT2D eigenvalue weighted by atomic mass is 10.1. The number of hydrogen-bond donors (Lipinski definition) is 1. The van der Waals surface area contributed by atoms with Gasteiger partial charge in [-0.3, -0.25) is 0 Å². The third-order valence-corrected chi connectivity index (χ3v) is 2.68. The van der Waals surface area contributed by atoms with Crippen LogP contribution in [0, 0.1) is 0 Å². The summed E-state index contributed by atoms with van der Waals surface area (Å²) in [6.07, 6.45) is 0.934. The standard InChI is InChI=1S/C15H25NO3/c1-16-12-14-4-6-15(7-5-14)13-19-11-10-18-9-3-8-17-2/h4-7,16H,3,8-13H2,1-2H3. The molecule has 108 valence electrons. The van der Waals surface area contributed by atoms with Crippen LogP contribution >= 0.6 is 0 Å². The molecule has 19 heavy (non-hydrogen) atoms. The van der Waals surface area contributed by atoms with E-state index in [0.29, 0.717) is 19.8 Å². The highest BCUT2D eigenvalue weighted by molar-refractivity contribution is 5.21. The van der Waals surface area contributed by atoms with Crippen molar-refractivity contribution in [3.05, 3.63) is 35.4 Å². The Bertz CT molecular complexity index is 314. The zero-order valence-corrected chi connectivity index (χ0v) is 12.0. The lowest BCUT2D eigenvalue weighted by molar-refractivity contribution is 0.0337. The minimum atomic E-state index is 0.630. The fourth-order valence-electron chi connectivity index (χ4n) is 1.67. The van der Waals surface area contributed by atoms with E-state index in [1.807, 2.05) is 7.05 Å². The van der Waals surface area contributed by atoms with Gasteiger partial charge in [-0.25, -0.2) is 0 Å². The lowest BCUT2D eigenvalue weighted by Crippen LogP contribution is -2.07. The van der Waals surface area contributed by atoms with Gasteiger partial charge in [0.15, 0.2) is 0 Å². The number of rotatable bonds is 11. The second-order valence-corrected chi connectivity index (χ2v) is 4.36. The van der Waals surface area contributed by atoms with E-state index in [1.54, 1.807) is 7.11 Å². The number of benzene rings is 1. The molecular formula is C15H25NO3. The average molecular weight is 267 g/mol. The van der Waals surface area contributed by atoms with Crippen LogP contribution in [0.2, 0.25) is 0 Å². The van der Waals surface area contributed by atoms with Crippen molar-refractivity contribution in [3.63, 3.8) is 0 Å². The quantitative estimate of drug-likeness (QED) is 0.622. The van der Waals surface area contributed by atoms with E-state index in [-0.39, 0.29) is 0 Å². The molecule has 0 saturated carbocycles. The van der Waals surface area contributed by atoms with Crippen molar-refractivity contribution in [2.24, 2.45) is 0 Å². The Labute approximate surface area is 116 Å². The highest BCUT2D eigenvalue weighted by Gasteiger charge is 1.95. The van der Waals surface area contributed by atoms with Gasteiger partial charge in [0.25, 0.3) is 0 Å². The highest BCUT2D eigenvalue weighted by Crippen LogP contribution is 2.05. The Morgan fingerprint density at radius 1 is 0.895 bits per heavy atom. The molecule has 1 aromatic rings. The monoisotopic (exact) mass is 267 g/mol. The fourth-order valence-corrected chi connectivity index (χ4v) is 1.67. The van der Waals surface area contributed by atoms with Gasteiger partial charge in [-0.1, -0.05) is 24.3 Å². The van der Waals surface area contributed by atoms with E-state index in [1.165, 1.54) is 11.1 Å². The second kappa shape index (κ2) is 10.9. The summed E-state index contributed by atoms with van der Waals surface area (Å²) in [6.45, 7) is 4.29. The normalized spacial score (nSPS) is 10.8. The molecular weight excluding hydrogens is 242 g/mol. The number of hydrogen-bond acceptors (Lipinski definition) is 4. The van der Waals surface area contributed by atoms with Crippen molar-refractivity contribution >= 4 is 0 Å². The summed E-state index contributed by atoms with van der Waals surface area (Å²) in [5, 5.41) is 3.13. The molecule has 4 heteroatoms. The van der Waals surface area contributed by atoms with E-state index in [9.17, 15) is 0 Å². The van der Waals surface area contributed by atoms with Crippen molar-refractivity contribution in [1.82, 2.24) is 5.32 Å². The Balaban J connectivity index is 2.02. The zero-order valence-electron chi connectivity index (χ0n) is 12.0. The molecule has 1 N–H and O–H groups in total. The Hall–Kier alpha value is -0.940. The minimum Gasteiger partial charge on any atom is -0.385 e. The molecule has 0 amide bonds. The molecule has 0 spiro atoms. The summed E-state index contributed by atoms with van der Waals surface area (Å²) in [5.41, 5.74) is 2.48. The van der Waals surface area contributed by atoms with Crippen LogP contribution in [0.3, 0.4) is 0 Å². The van der Waals surface area contributed by atoms with Crippen molar-refractivity contribution in [3.8, 4) is 0 Å². The molecule has 1 rings (SSSR count). The maximum atomic E-state index is 5.55. The Morgan fingerprint density at radius 3 is 2.26 bits per heavy atom. The lowest BCUT2D eigenvalue weighted by Gasteiger charge is -2.07. The molecule has 4 nitrogen and oxygen atoms in total. The van der Waals surface area contributed by atoms with Gasteiger partial charge in [-0.2, -0.15) is 0 Å². The predicted molar refractivity (Wildman–Crippen MR) is 76.2 cm³/mol. The minimum absolute atomic E-state index is 0.630. The van der Waals surface area contributed by atoms with Crippen LogP contribution in [0.4, 0.5) is 0 Å². The molecule has 0 atom stereocenters. The van der Waals surface area contributed by atoms with Crippen LogP contribution in [-0.4, -0.2) is 40.6 Å². The van der Waals surface area contributed by atoms with Crippen LogP contribution in [0.25, 0.3) is 0 Å². The van der Waals surface area contributed by atoms with E-state index in [2.05, 4.69) is 29.6 Å². The molecule has 0 bridgehead atoms. The smallest absolute Gasteiger partial charge is 0.0718 e. The topological polar surface area (TPSA) is 39.7 Å². The maximum absolute atomic E-state index is 5.55. The first-order chi connectivity index (χ1) is 9.36. The highest BCUT2D eigenvalue weighted by atomic mass is 16.5. The van der Waals surface area contributed by atoms with Gasteiger partial charge in [0.05, 0.1) is 19.8 Å². The Kier molecular flexibility index (Phi) is 9.27. The SMILES string of the molecule is CNCc1ccc(COCCOCCCOC)cc1. The summed E-state index contributed by atoms with van der Waals surface area (Å²) in [4.78, 5) is 0. The molecule has 1 aromatic carbocycles. The van der Waals surface area contributed by atoms with E-state index in [4.69, 9.17) is 14.2 Å². The second-order valence-electron chi connectivity index (χ2n) is 4.36. The largest absolute Gasteiger partial charge is 0.385 e. The number of nitrogens with one attached hydrogen (secondary N) is 1. The summed E-state index contributed by atoms with van der Waals surface area (Å²) < 4.78 is 15.9. The molecule has 0 aromatic heterocycles. The molecule has 0 heterocycles. The van der Waals surface area contributed by atoms with Crippen molar-refractivity contribution < 1.29 is 14.2 Å². The van der Waals surface area contributed by atoms with E-state index in [0.717, 1.165) is 26.2 Å². The summed E-state index contributed by atoms with van der Waals surface area (Å²) in [7, 11) is 3.65. The molecule has 0 unspecified atom stereocenters. The molecule has 0 aliphatic carbocycles.